The molecule has 0 amide bonds. The molecule has 3 rings (SSSR count). The average molecular weight is 257 g/mol. The Morgan fingerprint density at radius 1 is 1.05 bits per heavy atom. The molecule has 1 aliphatic heterocycles. The zero-order valence-corrected chi connectivity index (χ0v) is 10.9. The molecule has 100 valence electrons. The molecule has 1 heterocycles. The maximum absolute atomic E-state index is 10.4. The third kappa shape index (κ3) is 2.88. The minimum atomic E-state index is -0.635. The summed E-state index contributed by atoms with van der Waals surface area (Å²) in [6, 6.07) is 14.6. The van der Waals surface area contributed by atoms with E-state index in [1.165, 1.54) is 10.8 Å². The van der Waals surface area contributed by atoms with E-state index in [9.17, 15) is 5.11 Å². The fraction of sp³-hybridized carbons (Fsp3) is 0.375. The fourth-order valence-corrected chi connectivity index (χ4v) is 2.49. The van der Waals surface area contributed by atoms with E-state index in [1.807, 2.05) is 12.1 Å². The van der Waals surface area contributed by atoms with Gasteiger partial charge in [-0.3, -0.25) is 0 Å². The Bertz CT molecular complexity index is 561. The van der Waals surface area contributed by atoms with Crippen LogP contribution in [0.25, 0.3) is 10.8 Å². The zero-order chi connectivity index (χ0) is 13.1. The molecule has 3 heteroatoms. The van der Waals surface area contributed by atoms with Gasteiger partial charge in [0.25, 0.3) is 0 Å². The summed E-state index contributed by atoms with van der Waals surface area (Å²) in [5.41, 5.74) is 0.419. The van der Waals surface area contributed by atoms with Crippen molar-refractivity contribution in [2.45, 2.75) is 18.4 Å². The topological polar surface area (TPSA) is 41.5 Å². The summed E-state index contributed by atoms with van der Waals surface area (Å²) >= 11 is 0. The molecule has 0 aromatic heterocycles. The Morgan fingerprint density at radius 3 is 2.58 bits per heavy atom. The van der Waals surface area contributed by atoms with Gasteiger partial charge in [-0.25, -0.2) is 0 Å². The van der Waals surface area contributed by atoms with Gasteiger partial charge in [0.1, 0.15) is 0 Å². The normalized spacial score (nSPS) is 18.4. The summed E-state index contributed by atoms with van der Waals surface area (Å²) in [6.45, 7) is 1.88. The molecular weight excluding hydrogens is 238 g/mol. The van der Waals surface area contributed by atoms with Gasteiger partial charge in [-0.1, -0.05) is 30.3 Å². The highest BCUT2D eigenvalue weighted by Crippen LogP contribution is 2.23. The molecular formula is C16H19NO2. The van der Waals surface area contributed by atoms with Crippen molar-refractivity contribution in [2.24, 2.45) is 0 Å². The molecule has 0 aliphatic carbocycles. The first-order chi connectivity index (χ1) is 9.25. The lowest BCUT2D eigenvalue weighted by Crippen LogP contribution is -2.42. The summed E-state index contributed by atoms with van der Waals surface area (Å²) in [6.07, 6.45) is 1.40. The average Bonchev–Trinajstić information content (AvgIpc) is 2.46. The van der Waals surface area contributed by atoms with Crippen molar-refractivity contribution < 1.29 is 9.84 Å². The van der Waals surface area contributed by atoms with Crippen LogP contribution in [-0.2, 0) is 4.74 Å². The van der Waals surface area contributed by atoms with Crippen molar-refractivity contribution in [3.63, 3.8) is 0 Å². The quantitative estimate of drug-likeness (QED) is 0.888. The number of benzene rings is 2. The monoisotopic (exact) mass is 257 g/mol. The van der Waals surface area contributed by atoms with E-state index in [2.05, 4.69) is 35.6 Å². The first-order valence-corrected chi connectivity index (χ1v) is 6.78. The zero-order valence-electron chi connectivity index (χ0n) is 10.9. The number of hydrogen-bond donors (Lipinski definition) is 2. The Hall–Kier alpha value is -1.58. The van der Waals surface area contributed by atoms with Crippen molar-refractivity contribution in [1.29, 1.82) is 0 Å². The number of nitrogens with one attached hydrogen (secondary N) is 1. The van der Waals surface area contributed by atoms with E-state index in [-0.39, 0.29) is 0 Å². The number of ether oxygens (including phenoxy) is 1. The van der Waals surface area contributed by atoms with Gasteiger partial charge in [-0.05, 0) is 22.9 Å². The van der Waals surface area contributed by atoms with E-state index in [1.54, 1.807) is 0 Å². The number of anilines is 1. The predicted molar refractivity (Wildman–Crippen MR) is 77.4 cm³/mol. The highest BCUT2D eigenvalue weighted by molar-refractivity contribution is 5.85. The van der Waals surface area contributed by atoms with Crippen LogP contribution >= 0.6 is 0 Å². The second-order valence-corrected chi connectivity index (χ2v) is 5.25. The minimum Gasteiger partial charge on any atom is -0.388 e. The summed E-state index contributed by atoms with van der Waals surface area (Å²) in [5, 5.41) is 16.2. The van der Waals surface area contributed by atoms with Crippen LogP contribution in [0.1, 0.15) is 12.8 Å². The van der Waals surface area contributed by atoms with E-state index >= 15 is 0 Å². The molecule has 0 atom stereocenters. The van der Waals surface area contributed by atoms with E-state index in [0.29, 0.717) is 32.6 Å². The lowest BCUT2D eigenvalue weighted by Gasteiger charge is -2.32. The highest BCUT2D eigenvalue weighted by Gasteiger charge is 2.29. The first kappa shape index (κ1) is 12.5. The highest BCUT2D eigenvalue weighted by atomic mass is 16.5. The van der Waals surface area contributed by atoms with Crippen LogP contribution in [0, 0.1) is 0 Å². The maximum atomic E-state index is 10.4. The van der Waals surface area contributed by atoms with Crippen LogP contribution in [0.3, 0.4) is 0 Å². The number of aliphatic hydroxyl groups is 1. The van der Waals surface area contributed by atoms with Crippen LogP contribution in [-0.4, -0.2) is 30.5 Å². The first-order valence-electron chi connectivity index (χ1n) is 6.78. The molecule has 2 aromatic carbocycles. The van der Waals surface area contributed by atoms with Crippen molar-refractivity contribution >= 4 is 16.5 Å². The molecule has 3 nitrogen and oxygen atoms in total. The molecule has 0 bridgehead atoms. The van der Waals surface area contributed by atoms with E-state index < -0.39 is 5.60 Å². The van der Waals surface area contributed by atoms with Gasteiger partial charge < -0.3 is 15.2 Å². The van der Waals surface area contributed by atoms with Crippen molar-refractivity contribution in [3.05, 3.63) is 42.5 Å². The molecule has 2 N–H and O–H groups in total. The standard InChI is InChI=1S/C16H19NO2/c18-16(7-9-19-10-8-16)12-17-15-6-5-13-3-1-2-4-14(13)11-15/h1-6,11,17-18H,7-10,12H2. The van der Waals surface area contributed by atoms with Gasteiger partial charge in [0.05, 0.1) is 5.60 Å². The van der Waals surface area contributed by atoms with Crippen LogP contribution in [0.2, 0.25) is 0 Å². The molecule has 0 radical (unpaired) electrons. The Labute approximate surface area is 113 Å². The number of rotatable bonds is 3. The SMILES string of the molecule is OC1(CNc2ccc3ccccc3c2)CCOCC1. The second kappa shape index (κ2) is 5.19. The van der Waals surface area contributed by atoms with Gasteiger partial charge in [-0.2, -0.15) is 0 Å². The van der Waals surface area contributed by atoms with Gasteiger partial charge in [0.2, 0.25) is 0 Å². The van der Waals surface area contributed by atoms with Crippen LogP contribution in [0.5, 0.6) is 0 Å². The van der Waals surface area contributed by atoms with Gasteiger partial charge in [0.15, 0.2) is 0 Å². The molecule has 19 heavy (non-hydrogen) atoms. The molecule has 1 saturated heterocycles. The van der Waals surface area contributed by atoms with Gasteiger partial charge >= 0.3 is 0 Å². The molecule has 1 fully saturated rings. The fourth-order valence-electron chi connectivity index (χ4n) is 2.49. The summed E-state index contributed by atoms with van der Waals surface area (Å²) in [7, 11) is 0. The number of hydrogen-bond acceptors (Lipinski definition) is 3. The molecule has 2 aromatic rings. The van der Waals surface area contributed by atoms with Crippen LogP contribution in [0.15, 0.2) is 42.5 Å². The van der Waals surface area contributed by atoms with E-state index in [0.717, 1.165) is 5.69 Å². The molecule has 0 unspecified atom stereocenters. The summed E-state index contributed by atoms with van der Waals surface area (Å²) < 4.78 is 5.29. The Morgan fingerprint density at radius 2 is 1.79 bits per heavy atom. The summed E-state index contributed by atoms with van der Waals surface area (Å²) in [5.74, 6) is 0. The third-order valence-corrected chi connectivity index (χ3v) is 3.79. The second-order valence-electron chi connectivity index (χ2n) is 5.25. The van der Waals surface area contributed by atoms with E-state index in [4.69, 9.17) is 4.74 Å². The Balaban J connectivity index is 1.71. The van der Waals surface area contributed by atoms with Crippen molar-refractivity contribution in [2.75, 3.05) is 25.1 Å². The smallest absolute Gasteiger partial charge is 0.0863 e. The maximum Gasteiger partial charge on any atom is 0.0863 e. The molecule has 0 saturated carbocycles. The largest absolute Gasteiger partial charge is 0.388 e. The third-order valence-electron chi connectivity index (χ3n) is 3.79. The predicted octanol–water partition coefficient (Wildman–Crippen LogP) is 2.79. The van der Waals surface area contributed by atoms with Gasteiger partial charge in [-0.15, -0.1) is 0 Å². The molecule has 0 spiro atoms. The minimum absolute atomic E-state index is 0.578. The lowest BCUT2D eigenvalue weighted by atomic mass is 9.94. The molecule has 1 aliphatic rings. The van der Waals surface area contributed by atoms with Crippen molar-refractivity contribution in [1.82, 2.24) is 0 Å². The van der Waals surface area contributed by atoms with Crippen LogP contribution < -0.4 is 5.32 Å². The Kier molecular flexibility index (Phi) is 3.40. The summed E-state index contributed by atoms with van der Waals surface area (Å²) in [4.78, 5) is 0. The van der Waals surface area contributed by atoms with Gasteiger partial charge in [0, 0.05) is 38.3 Å². The lowest BCUT2D eigenvalue weighted by molar-refractivity contribution is -0.0543. The number of fused-ring (bicyclic) bond motifs is 1. The van der Waals surface area contributed by atoms with Crippen LogP contribution in [0.4, 0.5) is 5.69 Å². The van der Waals surface area contributed by atoms with Crippen molar-refractivity contribution in [3.8, 4) is 0 Å².